The third kappa shape index (κ3) is 25.5. The summed E-state index contributed by atoms with van der Waals surface area (Å²) in [6.45, 7) is 12.2. The van der Waals surface area contributed by atoms with Gasteiger partial charge in [-0.05, 0) is 124 Å². The number of nitrogens with two attached hydrogens (primary N) is 1. The number of carbonyl (C=O) groups excluding carboxylic acids is 2. The molecule has 10 aromatic heterocycles. The maximum atomic E-state index is 14.9. The lowest BCUT2D eigenvalue weighted by Crippen LogP contribution is -2.41. The molecule has 13 heterocycles. The van der Waals surface area contributed by atoms with E-state index in [1.807, 2.05) is 85.1 Å². The van der Waals surface area contributed by atoms with Gasteiger partial charge in [0.05, 0.1) is 70.9 Å². The van der Waals surface area contributed by atoms with E-state index in [1.165, 1.54) is 36.0 Å². The molecule has 0 bridgehead atoms. The van der Waals surface area contributed by atoms with Crippen molar-refractivity contribution in [3.05, 3.63) is 290 Å². The minimum Gasteiger partial charge on any atom is -0.478 e. The van der Waals surface area contributed by atoms with E-state index in [0.29, 0.717) is 92.6 Å². The standard InChI is InChI=1S/C27H22FN7O2.C16H11FN2O3.2C11H13N5.C6H5NO.C5H8N4.S13.2H2/c1-16-14-34(15-24-31-32-25(35(16)24)22-8-4-5-11-29-22)27(37)20-12-17(9-10-21(20)28)13-23-18-6-2-3-7-19(18)26(36)33-30-23;17-13-6-5-9(7-12(13)16(21)22)8-14-10-3-1-2-4-11(10)15(20)19-18-14;2*1-8-6-12-7-10-14-15-11(16(8)10)9-4-2-3-5-13-9;8-5-6-3-1-2-4-7-6;1-4-2-7-3-5(8-4)9-6;1-3-5-7-9-11-13-12-10-8-6-4-2;;/h2-12,16H,13-15H2,1H3,(H,33,36);1-7H,8H2,(H,19,20)(H,21,22);2*2-5,8,12H,6-7H2,1H3;1-5H;2-3H,6H2,1H3,(H,8,9);;2*1H/i;;;;;;;1+1D;. The third-order valence-electron chi connectivity index (χ3n) is 17.7. The number of hydrazine groups is 1. The number of carboxylic acids is 1. The fourth-order valence-corrected chi connectivity index (χ4v) is 37.1. The fourth-order valence-electron chi connectivity index (χ4n) is 12.4. The molecule has 0 saturated carbocycles. The first-order valence-corrected chi connectivity index (χ1v) is 52.1. The van der Waals surface area contributed by atoms with Crippen molar-refractivity contribution < 1.29 is 32.7 Å². The summed E-state index contributed by atoms with van der Waals surface area (Å²) in [5.74, 6) is 7.51. The number of hydrogen-bond donors (Lipinski definition) is 7. The number of carbonyl (C=O) groups is 3. The molecule has 0 radical (unpaired) electrons. The molecule has 3 atom stereocenters. The molecule has 14 aromatic rings. The van der Waals surface area contributed by atoms with E-state index in [1.54, 1.807) is 189 Å². The summed E-state index contributed by atoms with van der Waals surface area (Å²) in [5.41, 5.74) is 7.78. The van der Waals surface area contributed by atoms with Crippen LogP contribution in [0.1, 0.15) is 120 Å². The molecule has 17 rings (SSSR count). The number of fused-ring (bicyclic) bond motifs is 5. The number of aryl methyl sites for hydroxylation is 1. The quantitative estimate of drug-likeness (QED) is 0.0360. The Balaban J connectivity index is 0.000000174. The Morgan fingerprint density at radius 1 is 0.562 bits per heavy atom. The first-order chi connectivity index (χ1) is 59.9. The van der Waals surface area contributed by atoms with Crippen molar-refractivity contribution in [2.45, 2.75) is 78.3 Å². The van der Waals surface area contributed by atoms with Crippen molar-refractivity contribution in [1.82, 2.24) is 110 Å². The largest absolute Gasteiger partial charge is 0.478 e. The second-order valence-corrected chi connectivity index (χ2v) is 45.2. The van der Waals surface area contributed by atoms with E-state index >= 15 is 0 Å². The first-order valence-electron chi connectivity index (χ1n) is 37.1. The molecule has 0 fully saturated rings. The molecular weight excluding hydrogens is 1800 g/mol. The van der Waals surface area contributed by atoms with Crippen LogP contribution in [-0.4, -0.2) is 142 Å². The van der Waals surface area contributed by atoms with Gasteiger partial charge in [0, 0.05) is 211 Å². The zero-order valence-electron chi connectivity index (χ0n) is 66.1. The van der Waals surface area contributed by atoms with Crippen LogP contribution in [0.3, 0.4) is 0 Å². The Labute approximate surface area is 735 Å². The molecule has 8 N–H and O–H groups in total. The number of H-pyrrole nitrogens is 2. The number of anilines is 1. The van der Waals surface area contributed by atoms with Crippen LogP contribution in [0, 0.1) is 18.6 Å². The van der Waals surface area contributed by atoms with Crippen LogP contribution in [0.2, 0.25) is 0 Å². The Bertz CT molecular complexity index is 6540. The van der Waals surface area contributed by atoms with Crippen molar-refractivity contribution in [1.29, 1.82) is 0 Å². The van der Waals surface area contributed by atoms with E-state index < -0.39 is 23.5 Å². The number of rotatable bonds is 11. The highest BCUT2D eigenvalue weighted by Gasteiger charge is 2.32. The van der Waals surface area contributed by atoms with Gasteiger partial charge in [-0.2, -0.15) is 10.2 Å². The molecule has 0 aliphatic carbocycles. The van der Waals surface area contributed by atoms with Gasteiger partial charge in [0.25, 0.3) is 17.0 Å². The van der Waals surface area contributed by atoms with Crippen LogP contribution in [0.4, 0.5) is 14.6 Å². The average Bonchev–Trinajstić information content (AvgIpc) is 1.59. The summed E-state index contributed by atoms with van der Waals surface area (Å²) in [4.78, 5) is 84.4. The van der Waals surface area contributed by atoms with E-state index in [0.717, 1.165) is 84.3 Å². The van der Waals surface area contributed by atoms with Crippen molar-refractivity contribution in [2.75, 3.05) is 25.1 Å². The number of nitrogens with zero attached hydrogens (tertiary/aromatic N) is 18. The van der Waals surface area contributed by atoms with Gasteiger partial charge in [0.15, 0.2) is 35.4 Å². The highest BCUT2D eigenvalue weighted by molar-refractivity contribution is 8.75. The molecule has 121 heavy (non-hydrogen) atoms. The molecular formula is C76H76F2N24O6S13. The number of pyridine rings is 4. The molecule has 628 valence electrons. The summed E-state index contributed by atoms with van der Waals surface area (Å²) in [5, 5.41) is 56.6. The summed E-state index contributed by atoms with van der Waals surface area (Å²) in [6, 6.07) is 45.6. The third-order valence-corrected chi connectivity index (χ3v) is 39.9. The second-order valence-electron chi connectivity index (χ2n) is 25.8. The number of nitrogens with one attached hydrogen (secondary N) is 5. The Kier molecular flexibility index (Phi) is 34.7. The molecule has 30 nitrogen and oxygen atoms in total. The Morgan fingerprint density at radius 3 is 1.39 bits per heavy atom. The van der Waals surface area contributed by atoms with E-state index in [4.69, 9.17) is 36.3 Å². The van der Waals surface area contributed by atoms with Crippen molar-refractivity contribution in [2.24, 2.45) is 5.84 Å². The van der Waals surface area contributed by atoms with Crippen LogP contribution in [0.15, 0.2) is 204 Å². The number of benzene rings is 4. The number of aldehydes is 1. The van der Waals surface area contributed by atoms with E-state index in [2.05, 4.69) is 120 Å². The number of hydrogen-bond acceptors (Lipinski definition) is 25. The molecule has 3 aliphatic rings. The van der Waals surface area contributed by atoms with E-state index in [9.17, 15) is 32.8 Å². The average molecular weight is 1880 g/mol. The van der Waals surface area contributed by atoms with Gasteiger partial charge in [-0.25, -0.2) is 34.6 Å². The fraction of sp³-hybridized carbons (Fsp3) is 0.197. The van der Waals surface area contributed by atoms with Gasteiger partial charge in [-0.3, -0.25) is 44.1 Å². The maximum absolute atomic E-state index is 14.9. The highest BCUT2D eigenvalue weighted by atomic mass is 33.5. The van der Waals surface area contributed by atoms with Crippen LogP contribution in [-0.2, 0) is 153 Å². The van der Waals surface area contributed by atoms with Gasteiger partial charge in [-0.15, -0.1) is 30.6 Å². The van der Waals surface area contributed by atoms with Crippen molar-refractivity contribution in [3.63, 3.8) is 0 Å². The molecule has 0 spiro atoms. The predicted octanol–water partition coefficient (Wildman–Crippen LogP) is 9.31. The lowest BCUT2D eigenvalue weighted by molar-refractivity contribution is 0.0673. The summed E-state index contributed by atoms with van der Waals surface area (Å²) in [6.07, 6.45) is 11.4. The van der Waals surface area contributed by atoms with Crippen molar-refractivity contribution >= 4 is 166 Å². The minimum absolute atomic E-state index is 0. The normalized spacial score (nSPS) is 13.8. The molecule has 4 aromatic carbocycles. The Hall–Kier alpha value is -10.7. The van der Waals surface area contributed by atoms with E-state index in [-0.39, 0.29) is 42.7 Å². The highest BCUT2D eigenvalue weighted by Crippen LogP contribution is 2.30. The van der Waals surface area contributed by atoms with Gasteiger partial charge in [0.2, 0.25) is 0 Å². The summed E-state index contributed by atoms with van der Waals surface area (Å²) < 4.78 is 44.6. The minimum atomic E-state index is -1.32. The van der Waals surface area contributed by atoms with Crippen molar-refractivity contribution in [3.8, 4) is 34.6 Å². The topological polar surface area (TPSA) is 398 Å². The van der Waals surface area contributed by atoms with Gasteiger partial charge >= 0.3 is 5.97 Å². The SMILES string of the molecule is CC1CN(C(=O)c2cc(Cc3n[nH]c(=O)c4ccccc34)ccc2F)Cc2nnc(-c3ccccn3)n21.CC1CNCc2nnc(-c3ccccn3)n21.CC1CNCc2nnc(-c3ccccn3)n21.Cc1cncc(NN)n1.O=C(O)c1cc(Cc2n[nH]c(=O)c3ccccc23)ccc1F.O=Cc1ccccn1.S=S=S=S=S=S=S=S=S=S=S=S=S.[2H][2H].[HH]. The number of aromatic nitrogens is 19. The molecule has 3 unspecified atom stereocenters. The van der Waals surface area contributed by atoms with Crippen LogP contribution in [0.25, 0.3) is 56.1 Å². The zero-order valence-corrected chi connectivity index (χ0v) is 74.7. The first kappa shape index (κ1) is 89.5. The maximum Gasteiger partial charge on any atom is 0.338 e. The number of carboxylic acid groups (broad SMARTS) is 1. The number of aromatic amines is 2. The molecule has 3 aliphatic heterocycles. The predicted molar refractivity (Wildman–Crippen MR) is 496 cm³/mol. The smallest absolute Gasteiger partial charge is 0.338 e. The Morgan fingerprint density at radius 2 is 0.983 bits per heavy atom. The number of aromatic carboxylic acids is 1. The monoisotopic (exact) mass is 1880 g/mol. The summed E-state index contributed by atoms with van der Waals surface area (Å²) >= 11 is 9.40. The molecule has 1 amide bonds. The summed E-state index contributed by atoms with van der Waals surface area (Å²) in [7, 11) is 18.1. The zero-order chi connectivity index (χ0) is 87.4. The van der Waals surface area contributed by atoms with Gasteiger partial charge in [-0.1, -0.05) is 72.8 Å². The number of nitrogen functional groups attached to an aromatic ring is 1. The van der Waals surface area contributed by atoms with Crippen LogP contribution < -0.4 is 33.0 Å². The lowest BCUT2D eigenvalue weighted by Gasteiger charge is -2.32. The van der Waals surface area contributed by atoms with Gasteiger partial charge in [0.1, 0.15) is 46.1 Å². The van der Waals surface area contributed by atoms with Crippen LogP contribution >= 0.6 is 0 Å². The number of amides is 1. The second kappa shape index (κ2) is 46.9. The van der Waals surface area contributed by atoms with Gasteiger partial charge < -0.3 is 39.8 Å². The molecule has 0 saturated heterocycles. The molecule has 45 heteroatoms. The lowest BCUT2D eigenvalue weighted by atomic mass is 10.0. The van der Waals surface area contributed by atoms with Crippen LogP contribution in [0.5, 0.6) is 0 Å². The number of halogens is 2.